The first-order valence-corrected chi connectivity index (χ1v) is 7.32. The van der Waals surface area contributed by atoms with E-state index in [0.29, 0.717) is 5.69 Å². The summed E-state index contributed by atoms with van der Waals surface area (Å²) < 4.78 is 38.4. The molecule has 0 radical (unpaired) electrons. The van der Waals surface area contributed by atoms with Crippen molar-refractivity contribution < 1.29 is 13.2 Å². The fourth-order valence-electron chi connectivity index (χ4n) is 2.69. The average molecular weight is 317 g/mol. The lowest BCUT2D eigenvalue weighted by Crippen LogP contribution is -2.27. The molecule has 1 aliphatic carbocycles. The van der Waals surface area contributed by atoms with Crippen LogP contribution in [0, 0.1) is 17.2 Å². The number of anilines is 1. The van der Waals surface area contributed by atoms with Crippen LogP contribution in [0.1, 0.15) is 37.7 Å². The lowest BCUT2D eigenvalue weighted by atomic mass is 9.96. The molecule has 0 amide bonds. The van der Waals surface area contributed by atoms with Gasteiger partial charge in [0.2, 0.25) is 0 Å². The molecule has 2 rings (SSSR count). The number of rotatable bonds is 2. The van der Waals surface area contributed by atoms with Gasteiger partial charge in [0.1, 0.15) is 0 Å². The zero-order valence-electron chi connectivity index (χ0n) is 11.4. The first-order valence-electron chi connectivity index (χ1n) is 6.94. The molecule has 0 aromatic heterocycles. The quantitative estimate of drug-likeness (QED) is 0.757. The summed E-state index contributed by atoms with van der Waals surface area (Å²) in [6, 6.07) is 5.55. The highest BCUT2D eigenvalue weighted by Crippen LogP contribution is 2.34. The fraction of sp³-hybridized carbons (Fsp3) is 0.533. The van der Waals surface area contributed by atoms with E-state index >= 15 is 0 Å². The normalized spacial score (nSPS) is 23.2. The summed E-state index contributed by atoms with van der Waals surface area (Å²) >= 11 is 5.77. The van der Waals surface area contributed by atoms with E-state index in [1.807, 2.05) is 0 Å². The van der Waals surface area contributed by atoms with E-state index in [0.717, 1.165) is 44.2 Å². The summed E-state index contributed by atoms with van der Waals surface area (Å²) in [5, 5.41) is 12.3. The van der Waals surface area contributed by atoms with E-state index < -0.39 is 11.7 Å². The fourth-order valence-corrected chi connectivity index (χ4v) is 2.92. The van der Waals surface area contributed by atoms with Gasteiger partial charge in [0, 0.05) is 16.8 Å². The van der Waals surface area contributed by atoms with Gasteiger partial charge >= 0.3 is 6.18 Å². The van der Waals surface area contributed by atoms with Crippen molar-refractivity contribution in [2.75, 3.05) is 5.32 Å². The summed E-state index contributed by atoms with van der Waals surface area (Å²) in [6.07, 6.45) is 0.147. The Morgan fingerprint density at radius 1 is 1.14 bits per heavy atom. The summed E-state index contributed by atoms with van der Waals surface area (Å²) in [6.45, 7) is 0. The van der Waals surface area contributed by atoms with Crippen LogP contribution in [0.4, 0.5) is 18.9 Å². The van der Waals surface area contributed by atoms with Crippen LogP contribution in [0.5, 0.6) is 0 Å². The molecule has 0 saturated heterocycles. The number of halogens is 4. The van der Waals surface area contributed by atoms with E-state index in [-0.39, 0.29) is 17.0 Å². The van der Waals surface area contributed by atoms with Crippen molar-refractivity contribution in [2.45, 2.75) is 44.3 Å². The number of nitriles is 1. The third kappa shape index (κ3) is 4.28. The second-order valence-corrected chi connectivity index (χ2v) is 5.79. The second kappa shape index (κ2) is 6.57. The molecule has 1 aliphatic rings. The Kier molecular flexibility index (Phi) is 5.00. The Hall–Kier alpha value is -1.41. The molecule has 0 bridgehead atoms. The predicted molar refractivity (Wildman–Crippen MR) is 76.1 cm³/mol. The topological polar surface area (TPSA) is 35.8 Å². The molecule has 2 atom stereocenters. The van der Waals surface area contributed by atoms with Gasteiger partial charge in [-0.15, -0.1) is 0 Å². The molecule has 0 aliphatic heterocycles. The van der Waals surface area contributed by atoms with Crippen molar-refractivity contribution in [1.82, 2.24) is 0 Å². The van der Waals surface area contributed by atoms with Gasteiger partial charge in [0.25, 0.3) is 0 Å². The van der Waals surface area contributed by atoms with Crippen molar-refractivity contribution in [3.63, 3.8) is 0 Å². The first kappa shape index (κ1) is 16.0. The minimum Gasteiger partial charge on any atom is -0.381 e. The van der Waals surface area contributed by atoms with Crippen molar-refractivity contribution >= 4 is 17.3 Å². The van der Waals surface area contributed by atoms with Crippen molar-refractivity contribution in [3.05, 3.63) is 28.8 Å². The van der Waals surface area contributed by atoms with Crippen LogP contribution in [0.3, 0.4) is 0 Å². The molecule has 0 spiro atoms. The molecule has 2 nitrogen and oxygen atoms in total. The van der Waals surface area contributed by atoms with E-state index in [1.54, 1.807) is 0 Å². The second-order valence-electron chi connectivity index (χ2n) is 5.35. The highest BCUT2D eigenvalue weighted by Gasteiger charge is 2.31. The molecule has 0 heterocycles. The van der Waals surface area contributed by atoms with Crippen LogP contribution < -0.4 is 5.32 Å². The molecule has 114 valence electrons. The van der Waals surface area contributed by atoms with Crippen LogP contribution >= 0.6 is 11.6 Å². The zero-order chi connectivity index (χ0) is 15.5. The van der Waals surface area contributed by atoms with Gasteiger partial charge in [0.05, 0.1) is 17.6 Å². The summed E-state index contributed by atoms with van der Waals surface area (Å²) in [5.41, 5.74) is -0.457. The highest BCUT2D eigenvalue weighted by atomic mass is 35.5. The van der Waals surface area contributed by atoms with Crippen molar-refractivity contribution in [1.29, 1.82) is 5.26 Å². The minimum absolute atomic E-state index is 0.0365. The van der Waals surface area contributed by atoms with Gasteiger partial charge in [-0.05, 0) is 31.0 Å². The minimum atomic E-state index is -4.43. The maximum absolute atomic E-state index is 12.8. The maximum Gasteiger partial charge on any atom is 0.416 e. The van der Waals surface area contributed by atoms with Gasteiger partial charge < -0.3 is 5.32 Å². The predicted octanol–water partition coefficient (Wildman–Crippen LogP) is 5.24. The molecule has 6 heteroatoms. The number of alkyl halides is 3. The Bertz CT molecular complexity index is 537. The molecule has 1 saturated carbocycles. The van der Waals surface area contributed by atoms with Gasteiger partial charge in [-0.25, -0.2) is 0 Å². The maximum atomic E-state index is 12.8. The van der Waals surface area contributed by atoms with Gasteiger partial charge in [0.15, 0.2) is 0 Å². The number of nitrogens with zero attached hydrogens (tertiary/aromatic N) is 1. The van der Waals surface area contributed by atoms with Crippen LogP contribution in [0.15, 0.2) is 18.2 Å². The third-order valence-electron chi connectivity index (χ3n) is 3.76. The van der Waals surface area contributed by atoms with Gasteiger partial charge in [-0.2, -0.15) is 18.4 Å². The van der Waals surface area contributed by atoms with E-state index in [1.165, 1.54) is 6.07 Å². The Labute approximate surface area is 126 Å². The Balaban J connectivity index is 2.22. The Morgan fingerprint density at radius 2 is 1.86 bits per heavy atom. The molecular weight excluding hydrogens is 301 g/mol. The van der Waals surface area contributed by atoms with Gasteiger partial charge in [-0.1, -0.05) is 30.9 Å². The Morgan fingerprint density at radius 3 is 2.52 bits per heavy atom. The summed E-state index contributed by atoms with van der Waals surface area (Å²) in [4.78, 5) is 0. The monoisotopic (exact) mass is 316 g/mol. The van der Waals surface area contributed by atoms with Crippen LogP contribution in [0.2, 0.25) is 5.02 Å². The molecule has 1 aromatic carbocycles. The molecule has 21 heavy (non-hydrogen) atoms. The average Bonchev–Trinajstić information content (AvgIpc) is 2.62. The number of hydrogen-bond donors (Lipinski definition) is 1. The first-order chi connectivity index (χ1) is 9.90. The number of benzene rings is 1. The van der Waals surface area contributed by atoms with E-state index in [9.17, 15) is 18.4 Å². The van der Waals surface area contributed by atoms with Crippen LogP contribution in [-0.4, -0.2) is 6.04 Å². The van der Waals surface area contributed by atoms with Gasteiger partial charge in [-0.3, -0.25) is 0 Å². The van der Waals surface area contributed by atoms with Crippen LogP contribution in [-0.2, 0) is 6.18 Å². The molecular formula is C15H16ClF3N2. The lowest BCUT2D eigenvalue weighted by Gasteiger charge is -2.23. The molecule has 1 N–H and O–H groups in total. The van der Waals surface area contributed by atoms with E-state index in [4.69, 9.17) is 11.6 Å². The van der Waals surface area contributed by atoms with Crippen molar-refractivity contribution in [3.8, 4) is 6.07 Å². The smallest absolute Gasteiger partial charge is 0.381 e. The number of hydrogen-bond acceptors (Lipinski definition) is 2. The molecule has 1 aromatic rings. The van der Waals surface area contributed by atoms with Crippen molar-refractivity contribution in [2.24, 2.45) is 5.92 Å². The SMILES string of the molecule is N#CC1CCCCCC1Nc1cc(Cl)cc(C(F)(F)F)c1. The summed E-state index contributed by atoms with van der Waals surface area (Å²) in [5.74, 6) is -0.180. The lowest BCUT2D eigenvalue weighted by molar-refractivity contribution is -0.137. The largest absolute Gasteiger partial charge is 0.416 e. The standard InChI is InChI=1S/C15H16ClF3N2/c16-12-6-11(15(17,18)19)7-13(8-12)21-14-5-3-1-2-4-10(14)9-20/h6-8,10,14,21H,1-5H2. The third-order valence-corrected chi connectivity index (χ3v) is 3.98. The molecule has 2 unspecified atom stereocenters. The van der Waals surface area contributed by atoms with E-state index in [2.05, 4.69) is 11.4 Å². The summed E-state index contributed by atoms with van der Waals surface area (Å²) in [7, 11) is 0. The molecule has 1 fully saturated rings. The van der Waals surface area contributed by atoms with Crippen LogP contribution in [0.25, 0.3) is 0 Å². The highest BCUT2D eigenvalue weighted by molar-refractivity contribution is 6.30. The number of nitrogens with one attached hydrogen (secondary N) is 1. The zero-order valence-corrected chi connectivity index (χ0v) is 12.1.